The van der Waals surface area contributed by atoms with E-state index in [9.17, 15) is 43.2 Å². The minimum atomic E-state index is -4.97. The van der Waals surface area contributed by atoms with Crippen molar-refractivity contribution < 1.29 is 80.2 Å². The van der Waals surface area contributed by atoms with Gasteiger partial charge in [0.15, 0.2) is 12.2 Å². The SMILES string of the molecule is CCCCCC/C=C\C=C/CCCCCCCC(=O)OC[C@H](COP(=O)(O)OC[C@@H](O)COP(=O)(O)OC[C@@H](COC(=O)CCCCCCCCCCCC(C)C)OC(=O)CCCCCCCCCCCCC(C)CC)OC(=O)CCCCCCCCCCCCCCCCCCCC. The fraction of sp³-hybridized carbons (Fsp3) is 0.900. The largest absolute Gasteiger partial charge is 0.472 e. The molecule has 6 atom stereocenters. The van der Waals surface area contributed by atoms with Gasteiger partial charge in [-0.3, -0.25) is 37.3 Å². The van der Waals surface area contributed by atoms with Gasteiger partial charge in [0.1, 0.15) is 19.3 Å². The highest BCUT2D eigenvalue weighted by atomic mass is 31.2. The number of phosphoric ester groups is 2. The number of rotatable bonds is 77. The molecule has 0 fully saturated rings. The van der Waals surface area contributed by atoms with Crippen LogP contribution in [0, 0.1) is 11.8 Å². The normalized spacial score (nSPS) is 14.4. The molecule has 17 nitrogen and oxygen atoms in total. The third-order valence-electron chi connectivity index (χ3n) is 18.4. The maximum absolute atomic E-state index is 13.1. The molecule has 19 heteroatoms. The molecular formula is C80H152O17P2. The summed E-state index contributed by atoms with van der Waals surface area (Å²) in [6.45, 7) is 9.57. The third-order valence-corrected chi connectivity index (χ3v) is 20.3. The maximum Gasteiger partial charge on any atom is 0.472 e. The molecule has 99 heavy (non-hydrogen) atoms. The molecule has 0 aromatic carbocycles. The van der Waals surface area contributed by atoms with Gasteiger partial charge in [-0.15, -0.1) is 0 Å². The van der Waals surface area contributed by atoms with Crippen molar-refractivity contribution in [3.05, 3.63) is 24.3 Å². The summed E-state index contributed by atoms with van der Waals surface area (Å²) in [5, 5.41) is 10.6. The Labute approximate surface area is 605 Å². The quantitative estimate of drug-likeness (QED) is 0.0169. The van der Waals surface area contributed by atoms with E-state index >= 15 is 0 Å². The summed E-state index contributed by atoms with van der Waals surface area (Å²) in [5.41, 5.74) is 0. The number of hydrogen-bond donors (Lipinski definition) is 3. The zero-order chi connectivity index (χ0) is 72.8. The van der Waals surface area contributed by atoms with Crippen LogP contribution in [0.15, 0.2) is 24.3 Å². The second-order valence-corrected chi connectivity index (χ2v) is 31.7. The van der Waals surface area contributed by atoms with E-state index in [2.05, 4.69) is 65.8 Å². The van der Waals surface area contributed by atoms with Crippen molar-refractivity contribution in [3.8, 4) is 0 Å². The Hall–Kier alpha value is -2.46. The first-order valence-corrected chi connectivity index (χ1v) is 43.8. The molecule has 0 rings (SSSR count). The topological polar surface area (TPSA) is 237 Å². The Bertz CT molecular complexity index is 2000. The monoisotopic (exact) mass is 1450 g/mol. The lowest BCUT2D eigenvalue weighted by Gasteiger charge is -2.21. The number of phosphoric acid groups is 2. The van der Waals surface area contributed by atoms with E-state index < -0.39 is 97.5 Å². The fourth-order valence-electron chi connectivity index (χ4n) is 11.8. The number of allylic oxidation sites excluding steroid dienone is 4. The standard InChI is InChI=1S/C80H152O17P2/c1-7-10-12-14-16-18-20-22-24-25-26-28-30-32-39-46-52-58-64-79(84)96-75(68-90-77(82)62-56-50-44-38-31-29-27-23-21-19-17-15-13-11-8-2)70-94-98(86,87)92-66-74(81)67-93-99(88,89)95-71-76(69-91-78(83)63-57-51-45-41-35-36-42-48-54-60-72(4)5)97-80(85)65-59-53-47-40-34-33-37-43-49-55-61-73(6)9-3/h19,21,23,27,72-76,81H,7-18,20,22,24-26,28-71H2,1-6H3,(H,86,87)(H,88,89)/b21-19-,27-23-/t73?,74-,75-,76-/m1/s1. The molecule has 3 unspecified atom stereocenters. The van der Waals surface area contributed by atoms with E-state index in [1.165, 1.54) is 193 Å². The molecule has 0 bridgehead atoms. The summed E-state index contributed by atoms with van der Waals surface area (Å²) in [5.74, 6) is -0.597. The summed E-state index contributed by atoms with van der Waals surface area (Å²) in [6.07, 6.45) is 63.1. The van der Waals surface area contributed by atoms with Crippen LogP contribution in [0.25, 0.3) is 0 Å². The van der Waals surface area contributed by atoms with E-state index in [-0.39, 0.29) is 25.7 Å². The Balaban J connectivity index is 5.30. The molecule has 0 amide bonds. The summed E-state index contributed by atoms with van der Waals surface area (Å²) in [7, 11) is -9.93. The molecule has 0 aliphatic rings. The summed E-state index contributed by atoms with van der Waals surface area (Å²) < 4.78 is 68.7. The molecule has 0 saturated carbocycles. The van der Waals surface area contributed by atoms with Crippen LogP contribution in [0.2, 0.25) is 0 Å². The first-order chi connectivity index (χ1) is 47.9. The molecule has 0 aromatic rings. The summed E-state index contributed by atoms with van der Waals surface area (Å²) in [6, 6.07) is 0. The van der Waals surface area contributed by atoms with Crippen LogP contribution >= 0.6 is 15.6 Å². The second-order valence-electron chi connectivity index (χ2n) is 28.8. The number of hydrogen-bond acceptors (Lipinski definition) is 15. The van der Waals surface area contributed by atoms with Gasteiger partial charge < -0.3 is 33.8 Å². The van der Waals surface area contributed by atoms with Gasteiger partial charge in [0.25, 0.3) is 0 Å². The van der Waals surface area contributed by atoms with Gasteiger partial charge in [0, 0.05) is 25.7 Å². The Kier molecular flexibility index (Phi) is 69.4. The molecule has 584 valence electrons. The lowest BCUT2D eigenvalue weighted by Crippen LogP contribution is -2.30. The smallest absolute Gasteiger partial charge is 0.462 e. The average Bonchev–Trinajstić information content (AvgIpc) is 1.01. The molecule has 0 radical (unpaired) electrons. The van der Waals surface area contributed by atoms with E-state index in [0.717, 1.165) is 121 Å². The van der Waals surface area contributed by atoms with Crippen molar-refractivity contribution in [1.82, 2.24) is 0 Å². The van der Waals surface area contributed by atoms with Crippen LogP contribution in [0.5, 0.6) is 0 Å². The Morgan fingerprint density at radius 1 is 0.333 bits per heavy atom. The third kappa shape index (κ3) is 72.3. The molecule has 0 aliphatic heterocycles. The number of carbonyl (C=O) groups is 4. The average molecular weight is 1450 g/mol. The molecule has 0 saturated heterocycles. The molecular weight excluding hydrogens is 1290 g/mol. The van der Waals surface area contributed by atoms with Crippen LogP contribution < -0.4 is 0 Å². The molecule has 3 N–H and O–H groups in total. The van der Waals surface area contributed by atoms with Crippen molar-refractivity contribution >= 4 is 39.5 Å². The van der Waals surface area contributed by atoms with Crippen LogP contribution in [0.1, 0.15) is 395 Å². The Morgan fingerprint density at radius 3 is 0.909 bits per heavy atom. The molecule has 0 aromatic heterocycles. The molecule has 0 spiro atoms. The van der Waals surface area contributed by atoms with Crippen molar-refractivity contribution in [1.29, 1.82) is 0 Å². The fourth-order valence-corrected chi connectivity index (χ4v) is 13.4. The van der Waals surface area contributed by atoms with E-state index in [0.29, 0.717) is 25.7 Å². The number of ether oxygens (including phenoxy) is 4. The van der Waals surface area contributed by atoms with Crippen molar-refractivity contribution in [2.75, 3.05) is 39.6 Å². The minimum absolute atomic E-state index is 0.102. The zero-order valence-corrected chi connectivity index (χ0v) is 66.1. The van der Waals surface area contributed by atoms with Gasteiger partial charge in [0.2, 0.25) is 0 Å². The first kappa shape index (κ1) is 96.5. The summed E-state index contributed by atoms with van der Waals surface area (Å²) >= 11 is 0. The van der Waals surface area contributed by atoms with Crippen LogP contribution in [-0.2, 0) is 65.4 Å². The predicted molar refractivity (Wildman–Crippen MR) is 404 cm³/mol. The van der Waals surface area contributed by atoms with Gasteiger partial charge in [-0.1, -0.05) is 342 Å². The van der Waals surface area contributed by atoms with Crippen LogP contribution in [0.4, 0.5) is 0 Å². The highest BCUT2D eigenvalue weighted by Gasteiger charge is 2.30. The molecule has 0 heterocycles. The zero-order valence-electron chi connectivity index (χ0n) is 64.3. The van der Waals surface area contributed by atoms with Gasteiger partial charge in [-0.25, -0.2) is 9.13 Å². The highest BCUT2D eigenvalue weighted by Crippen LogP contribution is 2.45. The highest BCUT2D eigenvalue weighted by molar-refractivity contribution is 7.47. The number of carbonyl (C=O) groups excluding carboxylic acids is 4. The number of esters is 4. The first-order valence-electron chi connectivity index (χ1n) is 40.8. The number of unbranched alkanes of at least 4 members (excludes halogenated alkanes) is 43. The van der Waals surface area contributed by atoms with Gasteiger partial charge >= 0.3 is 39.5 Å². The maximum atomic E-state index is 13.1. The minimum Gasteiger partial charge on any atom is -0.462 e. The van der Waals surface area contributed by atoms with Crippen LogP contribution in [0.3, 0.4) is 0 Å². The lowest BCUT2D eigenvalue weighted by atomic mass is 9.99. The van der Waals surface area contributed by atoms with E-state index in [4.69, 9.17) is 37.0 Å². The van der Waals surface area contributed by atoms with Gasteiger partial charge in [-0.05, 0) is 63.2 Å². The predicted octanol–water partition coefficient (Wildman–Crippen LogP) is 23.4. The van der Waals surface area contributed by atoms with E-state index in [1.807, 2.05) is 0 Å². The van der Waals surface area contributed by atoms with Crippen LogP contribution in [-0.4, -0.2) is 96.7 Å². The van der Waals surface area contributed by atoms with Crippen molar-refractivity contribution in [2.24, 2.45) is 11.8 Å². The van der Waals surface area contributed by atoms with Crippen molar-refractivity contribution in [2.45, 2.75) is 413 Å². The lowest BCUT2D eigenvalue weighted by molar-refractivity contribution is -0.161. The van der Waals surface area contributed by atoms with Gasteiger partial charge in [-0.2, -0.15) is 0 Å². The number of aliphatic hydroxyl groups excluding tert-OH is 1. The van der Waals surface area contributed by atoms with Gasteiger partial charge in [0.05, 0.1) is 26.4 Å². The molecule has 0 aliphatic carbocycles. The second kappa shape index (κ2) is 71.2. The van der Waals surface area contributed by atoms with E-state index in [1.54, 1.807) is 0 Å². The Morgan fingerprint density at radius 2 is 0.596 bits per heavy atom. The summed E-state index contributed by atoms with van der Waals surface area (Å²) in [4.78, 5) is 73.0. The number of aliphatic hydroxyl groups is 1. The van der Waals surface area contributed by atoms with Crippen molar-refractivity contribution in [3.63, 3.8) is 0 Å².